The fourth-order valence-corrected chi connectivity index (χ4v) is 1.30. The Morgan fingerprint density at radius 2 is 2.31 bits per heavy atom. The standard InChI is InChI=1S/C9H8ClN3O3/c1-5-7(13(15)16)4-6(9(10)12-5)2-3-8(11)14/h2-4H,1H3,(H2,11,14). The van der Waals surface area contributed by atoms with Crippen molar-refractivity contribution >= 4 is 29.3 Å². The number of amides is 1. The van der Waals surface area contributed by atoms with Crippen LogP contribution in [0.5, 0.6) is 0 Å². The molecule has 0 bridgehead atoms. The molecule has 0 aliphatic carbocycles. The van der Waals surface area contributed by atoms with E-state index in [0.29, 0.717) is 0 Å². The number of aryl methyl sites for hydroxylation is 1. The fraction of sp³-hybridized carbons (Fsp3) is 0.111. The van der Waals surface area contributed by atoms with E-state index in [1.54, 1.807) is 0 Å². The molecule has 0 radical (unpaired) electrons. The summed E-state index contributed by atoms with van der Waals surface area (Å²) < 4.78 is 0. The highest BCUT2D eigenvalue weighted by Crippen LogP contribution is 2.23. The zero-order valence-corrected chi connectivity index (χ0v) is 9.06. The van der Waals surface area contributed by atoms with Gasteiger partial charge in [-0.15, -0.1) is 0 Å². The summed E-state index contributed by atoms with van der Waals surface area (Å²) in [6, 6.07) is 1.24. The minimum Gasteiger partial charge on any atom is -0.366 e. The molecule has 2 N–H and O–H groups in total. The van der Waals surface area contributed by atoms with Gasteiger partial charge in [0.25, 0.3) is 5.69 Å². The molecule has 0 aliphatic heterocycles. The maximum Gasteiger partial charge on any atom is 0.291 e. The molecular formula is C9H8ClN3O3. The number of nitrogens with two attached hydrogens (primary N) is 1. The molecule has 0 spiro atoms. The van der Waals surface area contributed by atoms with Crippen molar-refractivity contribution in [3.63, 3.8) is 0 Å². The minimum absolute atomic E-state index is 0.0839. The second-order valence-corrected chi connectivity index (χ2v) is 3.32. The Labute approximate surface area is 95.9 Å². The van der Waals surface area contributed by atoms with Gasteiger partial charge in [0.15, 0.2) is 0 Å². The van der Waals surface area contributed by atoms with E-state index in [2.05, 4.69) is 4.98 Å². The quantitative estimate of drug-likeness (QED) is 0.375. The minimum atomic E-state index is -0.667. The zero-order chi connectivity index (χ0) is 12.3. The van der Waals surface area contributed by atoms with Crippen LogP contribution >= 0.6 is 11.6 Å². The van der Waals surface area contributed by atoms with Gasteiger partial charge in [0, 0.05) is 17.7 Å². The van der Waals surface area contributed by atoms with E-state index < -0.39 is 10.8 Å². The molecule has 0 fully saturated rings. The highest BCUT2D eigenvalue weighted by atomic mass is 35.5. The van der Waals surface area contributed by atoms with Gasteiger partial charge in [-0.25, -0.2) is 4.98 Å². The van der Waals surface area contributed by atoms with Crippen molar-refractivity contribution in [3.8, 4) is 0 Å². The van der Waals surface area contributed by atoms with E-state index in [0.717, 1.165) is 6.08 Å². The number of rotatable bonds is 3. The number of nitrogens with zero attached hydrogens (tertiary/aromatic N) is 2. The molecule has 1 amide bonds. The summed E-state index contributed by atoms with van der Waals surface area (Å²) in [5.74, 6) is -0.667. The third-order valence-electron chi connectivity index (χ3n) is 1.79. The Hall–Kier alpha value is -1.95. The van der Waals surface area contributed by atoms with Gasteiger partial charge >= 0.3 is 0 Å². The number of carbonyl (C=O) groups is 1. The molecule has 1 heterocycles. The molecule has 1 aromatic rings. The van der Waals surface area contributed by atoms with Gasteiger partial charge in [0.05, 0.1) is 4.92 Å². The number of primary amides is 1. The van der Waals surface area contributed by atoms with Gasteiger partial charge in [0.1, 0.15) is 10.8 Å². The second kappa shape index (κ2) is 4.71. The lowest BCUT2D eigenvalue weighted by Crippen LogP contribution is -2.05. The van der Waals surface area contributed by atoms with Crippen molar-refractivity contribution in [1.82, 2.24) is 4.98 Å². The number of halogens is 1. The van der Waals surface area contributed by atoms with E-state index >= 15 is 0 Å². The third-order valence-corrected chi connectivity index (χ3v) is 2.09. The van der Waals surface area contributed by atoms with Crippen LogP contribution < -0.4 is 5.73 Å². The summed E-state index contributed by atoms with van der Waals surface area (Å²) in [6.45, 7) is 1.48. The lowest BCUT2D eigenvalue weighted by atomic mass is 10.2. The number of carbonyl (C=O) groups excluding carboxylic acids is 1. The Morgan fingerprint density at radius 1 is 1.69 bits per heavy atom. The Morgan fingerprint density at radius 3 is 2.81 bits per heavy atom. The monoisotopic (exact) mass is 241 g/mol. The summed E-state index contributed by atoms with van der Waals surface area (Å²) in [5.41, 5.74) is 5.23. The normalized spacial score (nSPS) is 10.6. The first-order chi connectivity index (χ1) is 7.41. The second-order valence-electron chi connectivity index (χ2n) is 2.97. The van der Waals surface area contributed by atoms with Crippen LogP contribution in [0.1, 0.15) is 11.3 Å². The number of aromatic nitrogens is 1. The predicted molar refractivity (Wildman–Crippen MR) is 58.9 cm³/mol. The van der Waals surface area contributed by atoms with Crippen molar-refractivity contribution in [2.75, 3.05) is 0 Å². The lowest BCUT2D eigenvalue weighted by molar-refractivity contribution is -0.385. The zero-order valence-electron chi connectivity index (χ0n) is 8.31. The van der Waals surface area contributed by atoms with Crippen molar-refractivity contribution in [2.45, 2.75) is 6.92 Å². The smallest absolute Gasteiger partial charge is 0.291 e. The van der Waals surface area contributed by atoms with E-state index in [-0.39, 0.29) is 22.1 Å². The molecule has 1 rings (SSSR count). The third kappa shape index (κ3) is 2.77. The van der Waals surface area contributed by atoms with Crippen LogP contribution in [0.25, 0.3) is 6.08 Å². The number of hydrogen-bond acceptors (Lipinski definition) is 4. The molecule has 16 heavy (non-hydrogen) atoms. The number of hydrogen-bond donors (Lipinski definition) is 1. The summed E-state index contributed by atoms with van der Waals surface area (Å²) in [5, 5.41) is 10.7. The average Bonchev–Trinajstić information content (AvgIpc) is 2.15. The molecule has 0 atom stereocenters. The van der Waals surface area contributed by atoms with Crippen molar-refractivity contribution in [2.24, 2.45) is 5.73 Å². The Balaban J connectivity index is 3.25. The van der Waals surface area contributed by atoms with Gasteiger partial charge in [0.2, 0.25) is 5.91 Å². The SMILES string of the molecule is Cc1nc(Cl)c(C=CC(N)=O)cc1[N+](=O)[O-]. The van der Waals surface area contributed by atoms with Crippen LogP contribution in [0.4, 0.5) is 5.69 Å². The molecule has 0 aromatic carbocycles. The fourth-order valence-electron chi connectivity index (χ4n) is 1.05. The van der Waals surface area contributed by atoms with Gasteiger partial charge in [-0.2, -0.15) is 0 Å². The molecule has 1 aromatic heterocycles. The summed E-state index contributed by atoms with van der Waals surface area (Å²) in [6.07, 6.45) is 2.34. The van der Waals surface area contributed by atoms with Gasteiger partial charge in [-0.1, -0.05) is 11.6 Å². The Bertz CT molecular complexity index is 485. The van der Waals surface area contributed by atoms with E-state index in [1.807, 2.05) is 0 Å². The largest absolute Gasteiger partial charge is 0.366 e. The molecule has 0 saturated carbocycles. The summed E-state index contributed by atoms with van der Waals surface area (Å²) in [4.78, 5) is 24.4. The van der Waals surface area contributed by atoms with E-state index in [4.69, 9.17) is 17.3 Å². The average molecular weight is 242 g/mol. The van der Waals surface area contributed by atoms with Gasteiger partial charge in [-0.3, -0.25) is 14.9 Å². The summed E-state index contributed by atoms with van der Waals surface area (Å²) in [7, 11) is 0. The topological polar surface area (TPSA) is 99.1 Å². The van der Waals surface area contributed by atoms with Crippen molar-refractivity contribution in [3.05, 3.63) is 38.7 Å². The molecule has 0 saturated heterocycles. The molecule has 84 valence electrons. The van der Waals surface area contributed by atoms with Crippen LogP contribution in [0.2, 0.25) is 5.15 Å². The van der Waals surface area contributed by atoms with E-state index in [9.17, 15) is 14.9 Å². The van der Waals surface area contributed by atoms with Crippen LogP contribution in [-0.4, -0.2) is 15.8 Å². The summed E-state index contributed by atoms with van der Waals surface area (Å²) >= 11 is 5.75. The highest BCUT2D eigenvalue weighted by Gasteiger charge is 2.14. The van der Waals surface area contributed by atoms with Crippen LogP contribution in [-0.2, 0) is 4.79 Å². The molecule has 6 nitrogen and oxygen atoms in total. The Kier molecular flexibility index (Phi) is 3.57. The van der Waals surface area contributed by atoms with Crippen LogP contribution in [0.15, 0.2) is 12.1 Å². The van der Waals surface area contributed by atoms with Gasteiger partial charge < -0.3 is 5.73 Å². The first-order valence-corrected chi connectivity index (χ1v) is 4.58. The first kappa shape index (κ1) is 12.1. The van der Waals surface area contributed by atoms with Gasteiger partial charge in [-0.05, 0) is 13.0 Å². The van der Waals surface area contributed by atoms with E-state index in [1.165, 1.54) is 19.1 Å². The van der Waals surface area contributed by atoms with Crippen molar-refractivity contribution in [1.29, 1.82) is 0 Å². The lowest BCUT2D eigenvalue weighted by Gasteiger charge is -2.00. The maximum absolute atomic E-state index is 10.6. The number of pyridine rings is 1. The molecular weight excluding hydrogens is 234 g/mol. The van der Waals surface area contributed by atoms with Crippen LogP contribution in [0.3, 0.4) is 0 Å². The molecule has 7 heteroatoms. The predicted octanol–water partition coefficient (Wildman–Crippen LogP) is 1.45. The van der Waals surface area contributed by atoms with Crippen molar-refractivity contribution < 1.29 is 9.72 Å². The molecule has 0 aliphatic rings. The van der Waals surface area contributed by atoms with Crippen LogP contribution in [0, 0.1) is 17.0 Å². The maximum atomic E-state index is 10.6. The first-order valence-electron chi connectivity index (χ1n) is 4.21. The number of nitro groups is 1. The highest BCUT2D eigenvalue weighted by molar-refractivity contribution is 6.31. The molecule has 0 unspecified atom stereocenters.